The molecule has 4 nitrogen and oxygen atoms in total. The molecule has 2 aliphatic rings. The molecule has 0 saturated carbocycles. The molecule has 0 atom stereocenters. The van der Waals surface area contributed by atoms with Crippen molar-refractivity contribution in [2.75, 3.05) is 9.80 Å². The predicted molar refractivity (Wildman–Crippen MR) is 379 cm³/mol. The van der Waals surface area contributed by atoms with E-state index >= 15 is 0 Å². The predicted octanol–water partition coefficient (Wildman–Crippen LogP) is 21.6. The third-order valence-electron chi connectivity index (χ3n) is 19.9. The van der Waals surface area contributed by atoms with Gasteiger partial charge < -0.3 is 4.90 Å². The van der Waals surface area contributed by atoms with E-state index in [4.69, 9.17) is 0 Å². The summed E-state index contributed by atoms with van der Waals surface area (Å²) in [7, 11) is 0. The first kappa shape index (κ1) is 51.8. The van der Waals surface area contributed by atoms with E-state index in [1.807, 2.05) is 36.9 Å². The Bertz CT molecular complexity index is 5620. The maximum Gasteiger partial charge on any atom is 0.0510 e. The van der Waals surface area contributed by atoms with Gasteiger partial charge in [0.1, 0.15) is 0 Å². The van der Waals surface area contributed by atoms with Crippen molar-refractivity contribution in [1.29, 1.82) is 0 Å². The number of pyridine rings is 2. The van der Waals surface area contributed by atoms with Crippen molar-refractivity contribution in [3.05, 3.63) is 373 Å². The van der Waals surface area contributed by atoms with Gasteiger partial charge in [0.25, 0.3) is 0 Å². The van der Waals surface area contributed by atoms with Crippen LogP contribution in [-0.2, 0) is 10.8 Å². The summed E-state index contributed by atoms with van der Waals surface area (Å²) in [6.07, 6.45) is 7.69. The van der Waals surface area contributed by atoms with Gasteiger partial charge in [0, 0.05) is 12.4 Å². The molecule has 19 rings (SSSR count). The van der Waals surface area contributed by atoms with Crippen LogP contribution >= 0.6 is 0 Å². The molecule has 0 spiro atoms. The Balaban J connectivity index is 0.868. The minimum absolute atomic E-state index is 0.120. The number of hydrogen-bond acceptors (Lipinski definition) is 4. The van der Waals surface area contributed by atoms with E-state index in [0.29, 0.717) is 0 Å². The zero-order valence-corrected chi connectivity index (χ0v) is 51.1. The summed E-state index contributed by atoms with van der Waals surface area (Å²) < 4.78 is 2.83. The number of fused-ring (bicyclic) bond motifs is 9. The van der Waals surface area contributed by atoms with Gasteiger partial charge in [-0.2, -0.15) is 0 Å². The van der Waals surface area contributed by atoms with Crippen LogP contribution in [0.1, 0.15) is 44.5 Å². The molecule has 0 N–H and O–H groups in total. The molecule has 17 aromatic rings. The van der Waals surface area contributed by atoms with Gasteiger partial charge in [-0.3, -0.25) is 4.98 Å². The van der Waals surface area contributed by atoms with E-state index < -0.39 is 10.8 Å². The van der Waals surface area contributed by atoms with Crippen LogP contribution in [0.5, 0.6) is 0 Å². The number of anilines is 6. The van der Waals surface area contributed by atoms with Gasteiger partial charge in [-0.25, -0.2) is 0 Å². The summed E-state index contributed by atoms with van der Waals surface area (Å²) in [4.78, 5) is 14.4. The van der Waals surface area contributed by atoms with Crippen LogP contribution in [0, 0.1) is 0 Å². The number of rotatable bonds is 8. The van der Waals surface area contributed by atoms with E-state index in [9.17, 15) is 0 Å². The van der Waals surface area contributed by atoms with E-state index in [1.165, 1.54) is 113 Å². The average molecular weight is 1220 g/mol. The molecule has 0 unspecified atom stereocenters. The smallest absolute Gasteiger partial charge is 0.0510 e. The average Bonchev–Trinajstić information content (AvgIpc) is 1.23. The van der Waals surface area contributed by atoms with Crippen LogP contribution in [0.25, 0.3) is 84.6 Å². The van der Waals surface area contributed by atoms with E-state index in [1.54, 1.807) is 0 Å². The third kappa shape index (κ3) is 7.39. The number of benzene rings is 14. The van der Waals surface area contributed by atoms with Gasteiger partial charge in [-0.05, 0) is 57.6 Å². The molecule has 3 aromatic heterocycles. The molecule has 0 aliphatic carbocycles. The second-order valence-electron chi connectivity index (χ2n) is 24.3. The summed E-state index contributed by atoms with van der Waals surface area (Å²) in [6, 6.07) is 114. The molecule has 0 bridgehead atoms. The molecule has 0 saturated heterocycles. The fraction of sp³-hybridized carbons (Fsp3) is 0.0233. The minimum Gasteiger partial charge on any atom is -0.264 e. The standard InChI is InChI=1S/C86H54N4Se/c1-5-23-59(24-6-1)85(60-25-7-2-8-26-60)71-36-14-15-37-77(71)89(78-43-39-55(49-72(78)85)57-21-19-47-87-53-57)75-45-41-66-65-33-18-35-69-76(46-42-67(84(65)69)64-32-17-34-68(75)83(64)66)90-79-44-40-56(58-22-20-48-88-54-58)50-73(79)86(61-27-9-3-10-28-61,62-29-11-4-12-30-62)74-51-70-63-31-13-16-38-81(63)91-82(70)52-80(74)90/h1-54H. The van der Waals surface area contributed by atoms with Crippen molar-refractivity contribution in [3.63, 3.8) is 0 Å². The third-order valence-corrected chi connectivity index (χ3v) is 22.3. The molecule has 0 radical (unpaired) electrons. The molecule has 5 heterocycles. The normalized spacial score (nSPS) is 13.8. The van der Waals surface area contributed by atoms with Crippen LogP contribution in [0.15, 0.2) is 328 Å². The van der Waals surface area contributed by atoms with Crippen molar-refractivity contribution in [1.82, 2.24) is 9.97 Å². The maximum absolute atomic E-state index is 4.65. The zero-order chi connectivity index (χ0) is 59.8. The van der Waals surface area contributed by atoms with Crippen molar-refractivity contribution < 1.29 is 0 Å². The Hall–Kier alpha value is -11.2. The Morgan fingerprint density at radius 3 is 1.16 bits per heavy atom. The number of aromatic nitrogens is 2. The van der Waals surface area contributed by atoms with E-state index in [0.717, 1.165) is 50.7 Å². The monoisotopic (exact) mass is 1220 g/mol. The topological polar surface area (TPSA) is 32.3 Å². The van der Waals surface area contributed by atoms with Gasteiger partial charge >= 0.3 is 349 Å². The summed E-state index contributed by atoms with van der Waals surface area (Å²) in [6.45, 7) is 0. The van der Waals surface area contributed by atoms with Crippen molar-refractivity contribution in [3.8, 4) is 22.3 Å². The summed E-state index contributed by atoms with van der Waals surface area (Å²) in [5.41, 5.74) is 19.7. The fourth-order valence-electron chi connectivity index (χ4n) is 16.2. The first-order valence-electron chi connectivity index (χ1n) is 31.3. The molecule has 5 heteroatoms. The van der Waals surface area contributed by atoms with Gasteiger partial charge in [0.15, 0.2) is 0 Å². The van der Waals surface area contributed by atoms with Gasteiger partial charge in [-0.1, -0.05) is 91.0 Å². The van der Waals surface area contributed by atoms with E-state index in [2.05, 4.69) is 311 Å². The SMILES string of the molecule is c1ccc(C2(c3ccccc3)c3ccccc3N(c3ccc4c5cccc6c(N7c8ccc(-c9cccnc9)cc8C(c8ccccc8)(c8ccccc8)c8cc9c(cc87)[se]c7ccccc79)ccc(c7cccc3c47)c65)c3ccc(-c4cccnc4)cc32)cc1. The van der Waals surface area contributed by atoms with Crippen molar-refractivity contribution >= 4 is 111 Å². The second-order valence-corrected chi connectivity index (χ2v) is 26.6. The van der Waals surface area contributed by atoms with Crippen LogP contribution in [0.4, 0.5) is 34.1 Å². The quantitative estimate of drug-likeness (QED) is 0.0862. The number of nitrogens with zero attached hydrogens (tertiary/aromatic N) is 4. The van der Waals surface area contributed by atoms with Crippen LogP contribution < -0.4 is 9.80 Å². The van der Waals surface area contributed by atoms with Crippen molar-refractivity contribution in [2.24, 2.45) is 0 Å². The molecule has 0 amide bonds. The second kappa shape index (κ2) is 20.2. The molecule has 91 heavy (non-hydrogen) atoms. The van der Waals surface area contributed by atoms with Gasteiger partial charge in [0.05, 0.1) is 16.8 Å². The van der Waals surface area contributed by atoms with Gasteiger partial charge in [-0.15, -0.1) is 0 Å². The van der Waals surface area contributed by atoms with Crippen LogP contribution in [0.3, 0.4) is 0 Å². The van der Waals surface area contributed by atoms with Gasteiger partial charge in [0.2, 0.25) is 0 Å². The molecule has 424 valence electrons. The summed E-state index contributed by atoms with van der Waals surface area (Å²) in [5.74, 6) is 0. The van der Waals surface area contributed by atoms with Crippen LogP contribution in [-0.4, -0.2) is 24.5 Å². The van der Waals surface area contributed by atoms with E-state index in [-0.39, 0.29) is 14.5 Å². The van der Waals surface area contributed by atoms with Crippen molar-refractivity contribution in [2.45, 2.75) is 10.8 Å². The Morgan fingerprint density at radius 1 is 0.242 bits per heavy atom. The van der Waals surface area contributed by atoms with Crippen LogP contribution in [0.2, 0.25) is 0 Å². The fourth-order valence-corrected chi connectivity index (χ4v) is 18.5. The zero-order valence-electron chi connectivity index (χ0n) is 49.4. The summed E-state index contributed by atoms with van der Waals surface area (Å²) in [5, 5.41) is 12.5. The molecule has 0 fully saturated rings. The number of para-hydroxylation sites is 1. The minimum atomic E-state index is -0.707. The first-order chi connectivity index (χ1) is 45.2. The molecular weight excluding hydrogens is 1170 g/mol. The maximum atomic E-state index is 4.65. The molecule has 14 aromatic carbocycles. The Kier molecular flexibility index (Phi) is 11.5. The molecule has 2 aliphatic heterocycles. The first-order valence-corrected chi connectivity index (χ1v) is 33.0. The summed E-state index contributed by atoms with van der Waals surface area (Å²) >= 11 is 0.120. The molecular formula is C86H54N4Se. The Labute approximate surface area is 533 Å². The number of hydrogen-bond donors (Lipinski definition) is 0. The largest absolute Gasteiger partial charge is 0.264 e. The Morgan fingerprint density at radius 2 is 0.648 bits per heavy atom.